The Labute approximate surface area is 110 Å². The first-order chi connectivity index (χ1) is 8.66. The highest BCUT2D eigenvalue weighted by Gasteiger charge is 2.29. The van der Waals surface area contributed by atoms with Gasteiger partial charge in [0.15, 0.2) is 0 Å². The Bertz CT molecular complexity index is 614. The molecule has 0 spiro atoms. The fourth-order valence-corrected chi connectivity index (χ4v) is 2.42. The van der Waals surface area contributed by atoms with Crippen molar-refractivity contribution in [1.29, 1.82) is 0 Å². The van der Waals surface area contributed by atoms with E-state index in [2.05, 4.69) is 0 Å². The highest BCUT2D eigenvalue weighted by Crippen LogP contribution is 2.40. The van der Waals surface area contributed by atoms with Crippen molar-refractivity contribution < 1.29 is 9.90 Å². The number of rotatable bonds is 3. The molecule has 0 unspecified atom stereocenters. The lowest BCUT2D eigenvalue weighted by atomic mass is 10.1. The van der Waals surface area contributed by atoms with E-state index in [-0.39, 0.29) is 0 Å². The first-order valence-electron chi connectivity index (χ1n) is 5.87. The molecule has 0 radical (unpaired) electrons. The fourth-order valence-electron chi connectivity index (χ4n) is 2.23. The molecule has 4 heteroatoms. The van der Waals surface area contributed by atoms with E-state index >= 15 is 0 Å². The van der Waals surface area contributed by atoms with Crippen molar-refractivity contribution >= 4 is 17.6 Å². The molecule has 1 aliphatic carbocycles. The highest BCUT2D eigenvalue weighted by atomic mass is 35.5. The van der Waals surface area contributed by atoms with Crippen LogP contribution >= 0.6 is 11.6 Å². The van der Waals surface area contributed by atoms with Crippen molar-refractivity contribution in [2.75, 3.05) is 0 Å². The van der Waals surface area contributed by atoms with Gasteiger partial charge in [0.2, 0.25) is 0 Å². The predicted molar refractivity (Wildman–Crippen MR) is 70.1 cm³/mol. The predicted octanol–water partition coefficient (Wildman–Crippen LogP) is 3.84. The first-order valence-corrected chi connectivity index (χ1v) is 6.25. The second kappa shape index (κ2) is 4.18. The molecular formula is C14H12ClNO2. The molecule has 0 amide bonds. The number of aromatic carboxylic acids is 1. The number of carbonyl (C=O) groups is 1. The Kier molecular flexibility index (Phi) is 2.63. The number of hydrogen-bond donors (Lipinski definition) is 1. The van der Waals surface area contributed by atoms with Crippen LogP contribution in [0.4, 0.5) is 0 Å². The highest BCUT2D eigenvalue weighted by molar-refractivity contribution is 6.30. The number of benzene rings is 1. The number of carboxylic acid groups (broad SMARTS) is 1. The van der Waals surface area contributed by atoms with Gasteiger partial charge in [0.1, 0.15) is 5.69 Å². The van der Waals surface area contributed by atoms with Crippen molar-refractivity contribution in [3.05, 3.63) is 47.1 Å². The van der Waals surface area contributed by atoms with Gasteiger partial charge in [0.05, 0.1) is 0 Å². The summed E-state index contributed by atoms with van der Waals surface area (Å²) >= 11 is 5.99. The average molecular weight is 262 g/mol. The standard InChI is InChI=1S/C14H12ClNO2/c15-10-3-1-2-9(8-10)12-6-7-13(14(17)18)16(12)11-4-5-11/h1-3,6-8,11H,4-5H2,(H,17,18). The summed E-state index contributed by atoms with van der Waals surface area (Å²) in [4.78, 5) is 11.2. The molecule has 1 saturated carbocycles. The SMILES string of the molecule is O=C(O)c1ccc(-c2cccc(Cl)c2)n1C1CC1. The molecule has 3 nitrogen and oxygen atoms in total. The summed E-state index contributed by atoms with van der Waals surface area (Å²) in [6, 6.07) is 11.3. The van der Waals surface area contributed by atoms with Crippen molar-refractivity contribution in [2.45, 2.75) is 18.9 Å². The zero-order valence-electron chi connectivity index (χ0n) is 9.64. The molecule has 0 bridgehead atoms. The van der Waals surface area contributed by atoms with Gasteiger partial charge >= 0.3 is 5.97 Å². The monoisotopic (exact) mass is 261 g/mol. The third kappa shape index (κ3) is 1.91. The van der Waals surface area contributed by atoms with Crippen LogP contribution in [0.3, 0.4) is 0 Å². The van der Waals surface area contributed by atoms with Gasteiger partial charge in [-0.3, -0.25) is 0 Å². The number of nitrogens with zero attached hydrogens (tertiary/aromatic N) is 1. The quantitative estimate of drug-likeness (QED) is 0.912. The van der Waals surface area contributed by atoms with E-state index in [1.54, 1.807) is 6.07 Å². The van der Waals surface area contributed by atoms with E-state index in [1.165, 1.54) is 0 Å². The normalized spacial score (nSPS) is 14.7. The molecule has 1 fully saturated rings. The molecular weight excluding hydrogens is 250 g/mol. The Morgan fingerprint density at radius 1 is 1.28 bits per heavy atom. The summed E-state index contributed by atoms with van der Waals surface area (Å²) in [5.41, 5.74) is 2.24. The van der Waals surface area contributed by atoms with Crippen LogP contribution in [0.5, 0.6) is 0 Å². The maximum Gasteiger partial charge on any atom is 0.352 e. The molecule has 3 rings (SSSR count). The zero-order chi connectivity index (χ0) is 12.7. The molecule has 18 heavy (non-hydrogen) atoms. The summed E-state index contributed by atoms with van der Waals surface area (Å²) in [5, 5.41) is 9.87. The van der Waals surface area contributed by atoms with Crippen molar-refractivity contribution in [3.8, 4) is 11.3 Å². The van der Waals surface area contributed by atoms with Crippen LogP contribution in [0.15, 0.2) is 36.4 Å². The average Bonchev–Trinajstić information content (AvgIpc) is 3.07. The molecule has 0 saturated heterocycles. The molecule has 1 aromatic carbocycles. The summed E-state index contributed by atoms with van der Waals surface area (Å²) in [6.07, 6.45) is 2.09. The molecule has 2 aromatic rings. The van der Waals surface area contributed by atoms with Gasteiger partial charge in [-0.1, -0.05) is 23.7 Å². The topological polar surface area (TPSA) is 42.2 Å². The van der Waals surface area contributed by atoms with Gasteiger partial charge in [-0.05, 0) is 42.7 Å². The summed E-state index contributed by atoms with van der Waals surface area (Å²) in [6.45, 7) is 0. The third-order valence-corrected chi connectivity index (χ3v) is 3.40. The van der Waals surface area contributed by atoms with Gasteiger partial charge in [-0.25, -0.2) is 4.79 Å². The molecule has 0 aliphatic heterocycles. The van der Waals surface area contributed by atoms with Crippen molar-refractivity contribution in [1.82, 2.24) is 4.57 Å². The maximum absolute atomic E-state index is 11.2. The van der Waals surface area contributed by atoms with Crippen LogP contribution in [-0.4, -0.2) is 15.6 Å². The number of halogens is 1. The minimum absolute atomic E-state index is 0.320. The first kappa shape index (κ1) is 11.4. The van der Waals surface area contributed by atoms with Gasteiger partial charge in [-0.2, -0.15) is 0 Å². The van der Waals surface area contributed by atoms with Gasteiger partial charge in [0, 0.05) is 16.8 Å². The molecule has 1 aromatic heterocycles. The van der Waals surface area contributed by atoms with E-state index < -0.39 is 5.97 Å². The lowest BCUT2D eigenvalue weighted by Gasteiger charge is -2.10. The second-order valence-corrected chi connectivity index (χ2v) is 4.96. The molecule has 1 N–H and O–H groups in total. The van der Waals surface area contributed by atoms with E-state index in [4.69, 9.17) is 11.6 Å². The van der Waals surface area contributed by atoms with Crippen molar-refractivity contribution in [3.63, 3.8) is 0 Å². The van der Waals surface area contributed by atoms with Gasteiger partial charge in [0.25, 0.3) is 0 Å². The molecule has 1 aliphatic rings. The Morgan fingerprint density at radius 3 is 2.67 bits per heavy atom. The molecule has 1 heterocycles. The van der Waals surface area contributed by atoms with E-state index in [0.29, 0.717) is 16.8 Å². The van der Waals surface area contributed by atoms with Crippen LogP contribution in [0.25, 0.3) is 11.3 Å². The van der Waals surface area contributed by atoms with Crippen molar-refractivity contribution in [2.24, 2.45) is 0 Å². The lowest BCUT2D eigenvalue weighted by molar-refractivity contribution is 0.0685. The summed E-state index contributed by atoms with van der Waals surface area (Å²) < 4.78 is 1.91. The number of hydrogen-bond acceptors (Lipinski definition) is 1. The van der Waals surface area contributed by atoms with E-state index in [1.807, 2.05) is 34.9 Å². The molecule has 92 valence electrons. The minimum Gasteiger partial charge on any atom is -0.477 e. The third-order valence-electron chi connectivity index (χ3n) is 3.17. The van der Waals surface area contributed by atoms with Crippen LogP contribution < -0.4 is 0 Å². The van der Waals surface area contributed by atoms with E-state index in [9.17, 15) is 9.90 Å². The summed E-state index contributed by atoms with van der Waals surface area (Å²) in [7, 11) is 0. The van der Waals surface area contributed by atoms with Crippen LogP contribution in [0.2, 0.25) is 5.02 Å². The number of aromatic nitrogens is 1. The fraction of sp³-hybridized carbons (Fsp3) is 0.214. The Morgan fingerprint density at radius 2 is 2.06 bits per heavy atom. The number of carboxylic acids is 1. The molecule has 0 atom stereocenters. The van der Waals surface area contributed by atoms with Gasteiger partial charge < -0.3 is 9.67 Å². The lowest BCUT2D eigenvalue weighted by Crippen LogP contribution is -2.08. The van der Waals surface area contributed by atoms with Crippen LogP contribution in [-0.2, 0) is 0 Å². The Hall–Kier alpha value is -1.74. The van der Waals surface area contributed by atoms with Gasteiger partial charge in [-0.15, -0.1) is 0 Å². The summed E-state index contributed by atoms with van der Waals surface area (Å²) in [5.74, 6) is -0.879. The van der Waals surface area contributed by atoms with Crippen LogP contribution in [0, 0.1) is 0 Å². The minimum atomic E-state index is -0.879. The smallest absolute Gasteiger partial charge is 0.352 e. The maximum atomic E-state index is 11.2. The largest absolute Gasteiger partial charge is 0.477 e. The second-order valence-electron chi connectivity index (χ2n) is 4.52. The Balaban J connectivity index is 2.15. The van der Waals surface area contributed by atoms with Crippen LogP contribution in [0.1, 0.15) is 29.4 Å². The van der Waals surface area contributed by atoms with E-state index in [0.717, 1.165) is 24.1 Å². The zero-order valence-corrected chi connectivity index (χ0v) is 10.4.